The number of rotatable bonds is 7. The lowest BCUT2D eigenvalue weighted by Gasteiger charge is -2.39. The van der Waals surface area contributed by atoms with Crippen molar-refractivity contribution in [1.82, 2.24) is 39.5 Å². The molecule has 1 atom stereocenters. The fourth-order valence-corrected chi connectivity index (χ4v) is 6.86. The molecule has 0 aliphatic carbocycles. The molecule has 12 nitrogen and oxygen atoms in total. The molecule has 2 aliphatic heterocycles. The predicted octanol–water partition coefficient (Wildman–Crippen LogP) is 4.79. The van der Waals surface area contributed by atoms with E-state index in [1.165, 1.54) is 16.9 Å². The molecule has 0 saturated carbocycles. The van der Waals surface area contributed by atoms with Crippen LogP contribution in [0.5, 0.6) is 0 Å². The molecule has 0 bridgehead atoms. The minimum absolute atomic E-state index is 0.00821. The number of alkyl halides is 2. The molecule has 0 unspecified atom stereocenters. The molecular weight excluding hydrogens is 661 g/mol. The smallest absolute Gasteiger partial charge is 0.350 e. The van der Waals surface area contributed by atoms with Crippen molar-refractivity contribution >= 4 is 11.4 Å². The monoisotopic (exact) mass is 694 g/mol. The molecule has 15 heteroatoms. The van der Waals surface area contributed by atoms with Gasteiger partial charge in [0.2, 0.25) is 0 Å². The van der Waals surface area contributed by atoms with Gasteiger partial charge < -0.3 is 14.9 Å². The molecule has 1 saturated heterocycles. The van der Waals surface area contributed by atoms with Crippen LogP contribution in [-0.4, -0.2) is 70.8 Å². The number of fused-ring (bicyclic) bond motifs is 3. The van der Waals surface area contributed by atoms with Crippen LogP contribution in [0.2, 0.25) is 0 Å². The van der Waals surface area contributed by atoms with Gasteiger partial charge in [0.1, 0.15) is 17.8 Å². The van der Waals surface area contributed by atoms with Crippen LogP contribution in [0.3, 0.4) is 0 Å². The first-order chi connectivity index (χ1) is 24.5. The van der Waals surface area contributed by atoms with Crippen molar-refractivity contribution in [2.45, 2.75) is 38.0 Å². The Labute approximate surface area is 290 Å². The van der Waals surface area contributed by atoms with Crippen LogP contribution in [0, 0.1) is 5.82 Å². The van der Waals surface area contributed by atoms with Crippen LogP contribution in [0.4, 0.5) is 24.5 Å². The molecule has 3 aromatic heterocycles. The molecule has 3 aromatic carbocycles. The van der Waals surface area contributed by atoms with Crippen molar-refractivity contribution in [2.24, 2.45) is 0 Å². The van der Waals surface area contributed by atoms with E-state index in [2.05, 4.69) is 35.4 Å². The number of tetrazole rings is 1. The van der Waals surface area contributed by atoms with E-state index >= 15 is 8.78 Å². The van der Waals surface area contributed by atoms with E-state index in [0.29, 0.717) is 5.56 Å². The summed E-state index contributed by atoms with van der Waals surface area (Å²) in [5.74, 6) is -4.44. The number of hydrogen-bond acceptors (Lipinski definition) is 9. The molecule has 1 N–H and O–H groups in total. The summed E-state index contributed by atoms with van der Waals surface area (Å²) < 4.78 is 50.4. The van der Waals surface area contributed by atoms with Gasteiger partial charge in [-0.15, -0.1) is 5.10 Å². The summed E-state index contributed by atoms with van der Waals surface area (Å²) in [6.07, 6.45) is 2.90. The first-order valence-electron chi connectivity index (χ1n) is 16.5. The lowest BCUT2D eigenvalue weighted by atomic mass is 9.80. The molecule has 6 aromatic rings. The number of hydrogen-bond donors (Lipinski definition) is 1. The highest BCUT2D eigenvalue weighted by atomic mass is 19.3. The van der Waals surface area contributed by atoms with Crippen molar-refractivity contribution in [1.29, 1.82) is 0 Å². The average molecular weight is 695 g/mol. The molecule has 260 valence electrons. The van der Waals surface area contributed by atoms with Gasteiger partial charge in [-0.3, -0.25) is 4.98 Å². The van der Waals surface area contributed by atoms with E-state index in [1.807, 2.05) is 62.4 Å². The van der Waals surface area contributed by atoms with Gasteiger partial charge in [0.15, 0.2) is 11.4 Å². The molecule has 5 heterocycles. The third-order valence-electron chi connectivity index (χ3n) is 9.70. The van der Waals surface area contributed by atoms with E-state index in [0.717, 1.165) is 71.7 Å². The molecule has 2 aliphatic rings. The highest BCUT2D eigenvalue weighted by Crippen LogP contribution is 2.50. The summed E-state index contributed by atoms with van der Waals surface area (Å²) in [4.78, 5) is 21.3. The van der Waals surface area contributed by atoms with Gasteiger partial charge in [-0.2, -0.15) is 13.9 Å². The molecule has 8 rings (SSSR count). The number of anilines is 2. The number of aliphatic hydroxyl groups is 1. The number of pyridine rings is 1. The van der Waals surface area contributed by atoms with E-state index in [9.17, 15) is 14.3 Å². The Hall–Kier alpha value is -5.83. The molecule has 0 radical (unpaired) electrons. The largest absolute Gasteiger partial charge is 0.377 e. The second kappa shape index (κ2) is 12.2. The Morgan fingerprint density at radius 2 is 1.47 bits per heavy atom. The van der Waals surface area contributed by atoms with Gasteiger partial charge >= 0.3 is 11.6 Å². The number of nitrogens with zero attached hydrogens (tertiary/aromatic N) is 10. The Kier molecular flexibility index (Phi) is 7.74. The Morgan fingerprint density at radius 3 is 2.08 bits per heavy atom. The average Bonchev–Trinajstić information content (AvgIpc) is 3.78. The summed E-state index contributed by atoms with van der Waals surface area (Å²) in [7, 11) is 0. The summed E-state index contributed by atoms with van der Waals surface area (Å²) in [6.45, 7) is 6.43. The second-order valence-corrected chi connectivity index (χ2v) is 13.1. The van der Waals surface area contributed by atoms with Crippen molar-refractivity contribution in [3.8, 4) is 28.2 Å². The zero-order valence-corrected chi connectivity index (χ0v) is 27.7. The summed E-state index contributed by atoms with van der Waals surface area (Å²) >= 11 is 0. The number of aromatic nitrogens is 8. The third-order valence-corrected chi connectivity index (χ3v) is 9.70. The maximum absolute atomic E-state index is 16.1. The van der Waals surface area contributed by atoms with Crippen molar-refractivity contribution in [3.05, 3.63) is 119 Å². The van der Waals surface area contributed by atoms with Gasteiger partial charge in [0.05, 0.1) is 18.3 Å². The van der Waals surface area contributed by atoms with Gasteiger partial charge in [-0.25, -0.2) is 23.1 Å². The van der Waals surface area contributed by atoms with E-state index in [-0.39, 0.29) is 28.7 Å². The molecule has 51 heavy (non-hydrogen) atoms. The van der Waals surface area contributed by atoms with E-state index in [1.54, 1.807) is 17.0 Å². The van der Waals surface area contributed by atoms with Gasteiger partial charge in [0, 0.05) is 60.4 Å². The third kappa shape index (κ3) is 5.44. The highest BCUT2D eigenvalue weighted by Gasteiger charge is 2.59. The van der Waals surface area contributed by atoms with E-state index < -0.39 is 29.6 Å². The minimum Gasteiger partial charge on any atom is -0.377 e. The SMILES string of the molecule is CC(C)n1ncn(-c2ccc(N3CCN(c4ccc(-c5ccc(C(F)(F)[C@]6(O)Cn7nnnc7-c7cc(F)ccc76)nc5)cc4)CC3)cc2)c1=O. The minimum atomic E-state index is -3.87. The zero-order chi connectivity index (χ0) is 35.5. The standard InChI is InChI=1S/C36H33F3N10O2/c1-23(2)49-34(50)47(22-41-49)29-11-9-28(10-12-29)46-17-15-45(16-18-46)27-7-3-24(4-8-27)25-5-14-32(40-20-25)36(38,39)35(51)21-48-33(42-43-44-48)30-19-26(37)6-13-31(30)35/h3-14,19-20,22-23,51H,15-18,21H2,1-2H3/t35-/m0/s1. The van der Waals surface area contributed by atoms with Crippen molar-refractivity contribution in [3.63, 3.8) is 0 Å². The quantitative estimate of drug-likeness (QED) is 0.251. The number of halogens is 3. The van der Waals surface area contributed by atoms with Crippen molar-refractivity contribution < 1.29 is 18.3 Å². The second-order valence-electron chi connectivity index (χ2n) is 13.1. The maximum Gasteiger partial charge on any atom is 0.350 e. The van der Waals surface area contributed by atoms with Gasteiger partial charge in [-0.05, 0) is 84.4 Å². The van der Waals surface area contributed by atoms with Crippen LogP contribution in [0.25, 0.3) is 28.2 Å². The molecular formula is C36H33F3N10O2. The van der Waals surface area contributed by atoms with Gasteiger partial charge in [-0.1, -0.05) is 24.3 Å². The number of benzene rings is 3. The fourth-order valence-electron chi connectivity index (χ4n) is 6.86. The van der Waals surface area contributed by atoms with Crippen molar-refractivity contribution in [2.75, 3.05) is 36.0 Å². The first kappa shape index (κ1) is 32.4. The molecule has 1 fully saturated rings. The molecule has 0 spiro atoms. The van der Waals surface area contributed by atoms with Crippen LogP contribution in [-0.2, 0) is 18.1 Å². The zero-order valence-electron chi connectivity index (χ0n) is 27.7. The Morgan fingerprint density at radius 1 is 0.843 bits per heavy atom. The first-order valence-corrected chi connectivity index (χ1v) is 16.5. The van der Waals surface area contributed by atoms with Crippen LogP contribution in [0.1, 0.15) is 31.1 Å². The van der Waals surface area contributed by atoms with Crippen LogP contribution >= 0.6 is 0 Å². The highest BCUT2D eigenvalue weighted by molar-refractivity contribution is 5.67. The lowest BCUT2D eigenvalue weighted by molar-refractivity contribution is -0.207. The summed E-state index contributed by atoms with van der Waals surface area (Å²) in [5.41, 5.74) is 0.549. The van der Waals surface area contributed by atoms with Gasteiger partial charge in [0.25, 0.3) is 0 Å². The summed E-state index contributed by atoms with van der Waals surface area (Å²) in [5, 5.41) is 26.8. The predicted molar refractivity (Wildman–Crippen MR) is 183 cm³/mol. The fraction of sp³-hybridized carbons (Fsp3) is 0.278. The lowest BCUT2D eigenvalue weighted by Crippen LogP contribution is -2.49. The summed E-state index contributed by atoms with van der Waals surface area (Å²) in [6, 6.07) is 21.7. The maximum atomic E-state index is 16.1. The molecule has 0 amide bonds. The van der Waals surface area contributed by atoms with Crippen LogP contribution in [0.15, 0.2) is 96.2 Å². The number of piperazine rings is 1. The Balaban J connectivity index is 0.931. The normalized spacial score (nSPS) is 17.5. The van der Waals surface area contributed by atoms with E-state index in [4.69, 9.17) is 0 Å². The van der Waals surface area contributed by atoms with Crippen LogP contribution < -0.4 is 15.5 Å². The Bertz CT molecular complexity index is 2260. The topological polar surface area (TPSA) is 123 Å².